The number of amides is 2. The summed E-state index contributed by atoms with van der Waals surface area (Å²) in [6.07, 6.45) is 1.03. The number of fused-ring (bicyclic) bond motifs is 1. The molecule has 9 heteroatoms. The van der Waals surface area contributed by atoms with E-state index in [9.17, 15) is 14.4 Å². The largest absolute Gasteiger partial charge is 0.486 e. The van der Waals surface area contributed by atoms with Crippen LogP contribution in [0.5, 0.6) is 11.5 Å². The fourth-order valence-electron chi connectivity index (χ4n) is 3.42. The first kappa shape index (κ1) is 24.9. The van der Waals surface area contributed by atoms with Crippen LogP contribution in [0.4, 0.5) is 11.4 Å². The van der Waals surface area contributed by atoms with Crippen LogP contribution in [0.1, 0.15) is 17.7 Å². The van der Waals surface area contributed by atoms with E-state index in [1.165, 1.54) is 18.7 Å². The molecule has 0 saturated heterocycles. The molecule has 4 rings (SSSR count). The Bertz CT molecular complexity index is 1290. The van der Waals surface area contributed by atoms with Crippen LogP contribution >= 0.6 is 11.8 Å². The van der Waals surface area contributed by atoms with Crippen LogP contribution in [0.3, 0.4) is 0 Å². The second-order valence-corrected chi connectivity index (χ2v) is 9.08. The molecular weight excluding hydrogens is 480 g/mol. The maximum absolute atomic E-state index is 13.3. The van der Waals surface area contributed by atoms with Gasteiger partial charge >= 0.3 is 5.97 Å². The number of nitrogens with one attached hydrogen (secondary N) is 2. The second-order valence-electron chi connectivity index (χ2n) is 7.90. The number of anilines is 2. The quantitative estimate of drug-likeness (QED) is 0.295. The van der Waals surface area contributed by atoms with Crippen molar-refractivity contribution in [2.24, 2.45) is 0 Å². The number of rotatable bonds is 8. The zero-order chi connectivity index (χ0) is 25.5. The van der Waals surface area contributed by atoms with E-state index in [4.69, 9.17) is 14.6 Å². The minimum atomic E-state index is -1.15. The number of aliphatic carboxylic acids is 1. The summed E-state index contributed by atoms with van der Waals surface area (Å²) in [7, 11) is 0. The van der Waals surface area contributed by atoms with Gasteiger partial charge in [-0.3, -0.25) is 9.59 Å². The average molecular weight is 505 g/mol. The highest BCUT2D eigenvalue weighted by Gasteiger charge is 2.23. The number of hydrogen-bond donors (Lipinski definition) is 3. The Labute approximate surface area is 212 Å². The standard InChI is InChI=1S/C27H24N2O6S/c1-17(27(32)33)15-24(30)28-19-7-10-21(11-8-19)36-25(18-5-3-2-4-6-18)26(31)29-20-9-12-22-23(16-20)35-14-13-34-22/h2-12,15-16,25H,13-14H2,1H3,(H,28,30)(H,29,31)(H,32,33). The molecule has 0 aromatic heterocycles. The Morgan fingerprint density at radius 1 is 0.889 bits per heavy atom. The monoisotopic (exact) mass is 504 g/mol. The fraction of sp³-hybridized carbons (Fsp3) is 0.148. The molecule has 0 saturated carbocycles. The maximum atomic E-state index is 13.3. The molecule has 3 aromatic carbocycles. The lowest BCUT2D eigenvalue weighted by molar-refractivity contribution is -0.132. The third-order valence-electron chi connectivity index (χ3n) is 5.21. The van der Waals surface area contributed by atoms with Gasteiger partial charge in [-0.1, -0.05) is 30.3 Å². The summed E-state index contributed by atoms with van der Waals surface area (Å²) in [6, 6.07) is 21.7. The van der Waals surface area contributed by atoms with Gasteiger partial charge in [0, 0.05) is 34.0 Å². The van der Waals surface area contributed by atoms with Gasteiger partial charge in [-0.15, -0.1) is 11.8 Å². The Balaban J connectivity index is 1.48. The van der Waals surface area contributed by atoms with Crippen molar-refractivity contribution in [3.05, 3.63) is 90.0 Å². The van der Waals surface area contributed by atoms with E-state index in [1.807, 2.05) is 30.3 Å². The Morgan fingerprint density at radius 3 is 2.25 bits per heavy atom. The summed E-state index contributed by atoms with van der Waals surface area (Å²) in [5.41, 5.74) is 1.89. The first-order chi connectivity index (χ1) is 17.4. The third-order valence-corrected chi connectivity index (χ3v) is 6.48. The molecule has 184 valence electrons. The van der Waals surface area contributed by atoms with Gasteiger partial charge in [0.25, 0.3) is 0 Å². The van der Waals surface area contributed by atoms with Crippen LogP contribution in [0.25, 0.3) is 0 Å². The van der Waals surface area contributed by atoms with Gasteiger partial charge in [0.1, 0.15) is 18.5 Å². The molecule has 0 spiro atoms. The van der Waals surface area contributed by atoms with Crippen LogP contribution in [0, 0.1) is 0 Å². The molecule has 3 aromatic rings. The van der Waals surface area contributed by atoms with Crippen LogP contribution in [0.15, 0.2) is 89.3 Å². The molecule has 0 bridgehead atoms. The van der Waals surface area contributed by atoms with Gasteiger partial charge in [-0.2, -0.15) is 0 Å². The van der Waals surface area contributed by atoms with E-state index >= 15 is 0 Å². The van der Waals surface area contributed by atoms with Gasteiger partial charge in [0.2, 0.25) is 11.8 Å². The Hall–Kier alpha value is -4.24. The molecule has 2 amide bonds. The summed E-state index contributed by atoms with van der Waals surface area (Å²) in [4.78, 5) is 37.0. The first-order valence-corrected chi connectivity index (χ1v) is 12.0. The highest BCUT2D eigenvalue weighted by Crippen LogP contribution is 2.38. The zero-order valence-electron chi connectivity index (χ0n) is 19.4. The Kier molecular flexibility index (Phi) is 7.92. The van der Waals surface area contributed by atoms with Crippen molar-refractivity contribution < 1.29 is 29.0 Å². The molecule has 1 aliphatic rings. The molecule has 8 nitrogen and oxygen atoms in total. The van der Waals surface area contributed by atoms with Crippen molar-refractivity contribution in [2.45, 2.75) is 17.1 Å². The van der Waals surface area contributed by atoms with E-state index in [0.29, 0.717) is 36.1 Å². The van der Waals surface area contributed by atoms with Crippen LogP contribution in [0.2, 0.25) is 0 Å². The number of carboxylic acids is 1. The van der Waals surface area contributed by atoms with E-state index in [-0.39, 0.29) is 11.5 Å². The predicted molar refractivity (Wildman–Crippen MR) is 138 cm³/mol. The topological polar surface area (TPSA) is 114 Å². The van der Waals surface area contributed by atoms with Crippen molar-refractivity contribution in [3.8, 4) is 11.5 Å². The number of carbonyl (C=O) groups excluding carboxylic acids is 2. The molecule has 1 aliphatic heterocycles. The number of carbonyl (C=O) groups is 3. The highest BCUT2D eigenvalue weighted by atomic mass is 32.2. The van der Waals surface area contributed by atoms with Gasteiger partial charge in [0.15, 0.2) is 11.5 Å². The van der Waals surface area contributed by atoms with Crippen molar-refractivity contribution in [1.29, 1.82) is 0 Å². The normalized spacial score (nSPS) is 13.4. The Morgan fingerprint density at radius 2 is 1.56 bits per heavy atom. The molecule has 1 heterocycles. The number of hydrogen-bond acceptors (Lipinski definition) is 6. The lowest BCUT2D eigenvalue weighted by Crippen LogP contribution is -2.20. The highest BCUT2D eigenvalue weighted by molar-refractivity contribution is 8.00. The smallest absolute Gasteiger partial charge is 0.331 e. The molecule has 3 N–H and O–H groups in total. The summed E-state index contributed by atoms with van der Waals surface area (Å²) in [5.74, 6) is -0.646. The summed E-state index contributed by atoms with van der Waals surface area (Å²) in [6.45, 7) is 2.30. The molecular formula is C27H24N2O6S. The van der Waals surface area contributed by atoms with Crippen LogP contribution in [-0.4, -0.2) is 36.1 Å². The third kappa shape index (κ3) is 6.45. The lowest BCUT2D eigenvalue weighted by Gasteiger charge is -2.20. The van der Waals surface area contributed by atoms with Crippen molar-refractivity contribution >= 4 is 40.9 Å². The average Bonchev–Trinajstić information content (AvgIpc) is 2.88. The van der Waals surface area contributed by atoms with Gasteiger partial charge in [0.05, 0.1) is 0 Å². The SMILES string of the molecule is CC(=CC(=O)Nc1ccc(SC(C(=O)Nc2ccc3c(c2)OCCO3)c2ccccc2)cc1)C(=O)O. The first-order valence-electron chi connectivity index (χ1n) is 11.1. The molecule has 36 heavy (non-hydrogen) atoms. The minimum absolute atomic E-state index is 0.0607. The fourth-order valence-corrected chi connectivity index (χ4v) is 4.44. The number of benzene rings is 3. The number of thioether (sulfide) groups is 1. The maximum Gasteiger partial charge on any atom is 0.331 e. The summed E-state index contributed by atoms with van der Waals surface area (Å²) < 4.78 is 11.2. The molecule has 1 atom stereocenters. The van der Waals surface area contributed by atoms with Gasteiger partial charge in [-0.25, -0.2) is 4.79 Å². The van der Waals surface area contributed by atoms with E-state index in [2.05, 4.69) is 10.6 Å². The second kappa shape index (κ2) is 11.5. The molecule has 1 unspecified atom stereocenters. The number of carboxylic acid groups (broad SMARTS) is 1. The van der Waals surface area contributed by atoms with E-state index in [1.54, 1.807) is 42.5 Å². The van der Waals surface area contributed by atoms with Gasteiger partial charge in [-0.05, 0) is 48.9 Å². The number of ether oxygens (including phenoxy) is 2. The zero-order valence-corrected chi connectivity index (χ0v) is 20.2. The molecule has 0 radical (unpaired) electrons. The molecule has 0 fully saturated rings. The van der Waals surface area contributed by atoms with E-state index < -0.39 is 17.1 Å². The predicted octanol–water partition coefficient (Wildman–Crippen LogP) is 4.90. The van der Waals surface area contributed by atoms with E-state index in [0.717, 1.165) is 16.5 Å². The summed E-state index contributed by atoms with van der Waals surface area (Å²) >= 11 is 1.37. The van der Waals surface area contributed by atoms with Crippen LogP contribution < -0.4 is 20.1 Å². The van der Waals surface area contributed by atoms with Crippen molar-refractivity contribution in [3.63, 3.8) is 0 Å². The van der Waals surface area contributed by atoms with Gasteiger partial charge < -0.3 is 25.2 Å². The lowest BCUT2D eigenvalue weighted by atomic mass is 10.1. The van der Waals surface area contributed by atoms with Crippen molar-refractivity contribution in [2.75, 3.05) is 23.8 Å². The molecule has 0 aliphatic carbocycles. The van der Waals surface area contributed by atoms with Crippen LogP contribution in [-0.2, 0) is 14.4 Å². The minimum Gasteiger partial charge on any atom is -0.486 e. The summed E-state index contributed by atoms with van der Waals surface area (Å²) in [5, 5.41) is 14.0. The van der Waals surface area contributed by atoms with Crippen molar-refractivity contribution in [1.82, 2.24) is 0 Å².